The molecule has 3 aliphatic rings. The number of carboxylic acid groups (broad SMARTS) is 1. The zero-order valence-electron chi connectivity index (χ0n) is 19.3. The Morgan fingerprint density at radius 3 is 2.53 bits per heavy atom. The van der Waals surface area contributed by atoms with Crippen molar-refractivity contribution in [2.75, 3.05) is 18.0 Å². The Balaban J connectivity index is 1.54. The number of carbonyl (C=O) groups excluding carboxylic acids is 1. The lowest BCUT2D eigenvalue weighted by molar-refractivity contribution is 0.0493. The fourth-order valence-electron chi connectivity index (χ4n) is 4.97. The fraction of sp³-hybridized carbons (Fsp3) is 0.542. The zero-order chi connectivity index (χ0) is 24.6. The van der Waals surface area contributed by atoms with Gasteiger partial charge in [-0.15, -0.1) is 0 Å². The Bertz CT molecular complexity index is 1280. The minimum Gasteiger partial charge on any atom is -0.477 e. The van der Waals surface area contributed by atoms with Crippen LogP contribution in [0.2, 0.25) is 5.02 Å². The van der Waals surface area contributed by atoms with E-state index in [1.807, 2.05) is 4.90 Å². The van der Waals surface area contributed by atoms with Crippen molar-refractivity contribution in [1.82, 2.24) is 9.88 Å². The highest BCUT2D eigenvalue weighted by molar-refractivity contribution is 6.38. The van der Waals surface area contributed by atoms with Crippen LogP contribution in [0.15, 0.2) is 17.1 Å². The lowest BCUT2D eigenvalue weighted by Gasteiger charge is -2.24. The van der Waals surface area contributed by atoms with Crippen LogP contribution >= 0.6 is 11.6 Å². The Morgan fingerprint density at radius 2 is 1.97 bits per heavy atom. The van der Waals surface area contributed by atoms with Crippen LogP contribution in [0.4, 0.5) is 14.9 Å². The predicted octanol–water partition coefficient (Wildman–Crippen LogP) is 4.32. The van der Waals surface area contributed by atoms with Gasteiger partial charge in [0.1, 0.15) is 17.0 Å². The van der Waals surface area contributed by atoms with Gasteiger partial charge in [0.15, 0.2) is 0 Å². The molecular weight excluding hydrogens is 465 g/mol. The molecule has 1 saturated heterocycles. The van der Waals surface area contributed by atoms with Gasteiger partial charge in [-0.3, -0.25) is 4.79 Å². The number of nitrogens with one attached hydrogen (secondary N) is 1. The monoisotopic (exact) mass is 491 g/mol. The van der Waals surface area contributed by atoms with Gasteiger partial charge in [0.2, 0.25) is 5.43 Å². The highest BCUT2D eigenvalue weighted by Crippen LogP contribution is 2.55. The van der Waals surface area contributed by atoms with E-state index in [0.29, 0.717) is 18.6 Å². The molecule has 0 bridgehead atoms. The highest BCUT2D eigenvalue weighted by Gasteiger charge is 2.56. The summed E-state index contributed by atoms with van der Waals surface area (Å²) in [5.74, 6) is -2.04. The van der Waals surface area contributed by atoms with E-state index in [1.165, 1.54) is 6.20 Å². The van der Waals surface area contributed by atoms with Crippen molar-refractivity contribution in [2.24, 2.45) is 5.41 Å². The number of carboxylic acids is 1. The Labute approximate surface area is 200 Å². The van der Waals surface area contributed by atoms with E-state index in [9.17, 15) is 19.5 Å². The average molecular weight is 492 g/mol. The molecule has 2 N–H and O–H groups in total. The minimum absolute atomic E-state index is 0.0203. The number of amides is 1. The fourth-order valence-corrected chi connectivity index (χ4v) is 5.38. The van der Waals surface area contributed by atoms with Crippen LogP contribution in [0.1, 0.15) is 62.9 Å². The maximum atomic E-state index is 15.4. The van der Waals surface area contributed by atoms with Gasteiger partial charge in [-0.05, 0) is 52.5 Å². The predicted molar refractivity (Wildman–Crippen MR) is 125 cm³/mol. The lowest BCUT2D eigenvalue weighted by atomic mass is 10.0. The van der Waals surface area contributed by atoms with E-state index in [0.717, 1.165) is 31.7 Å². The molecular formula is C24H27ClFN3O5. The summed E-state index contributed by atoms with van der Waals surface area (Å²) in [6, 6.07) is 0.888. The van der Waals surface area contributed by atoms with Crippen LogP contribution in [0.25, 0.3) is 10.9 Å². The SMILES string of the molecule is CC(C)(C)OC(=O)NC1CN(c2c(F)cc3c(=O)c(C(=O)O)cn(C4CC4)c3c2Cl)CC12CC2. The number of nitrogens with zero attached hydrogens (tertiary/aromatic N) is 2. The summed E-state index contributed by atoms with van der Waals surface area (Å²) >= 11 is 6.76. The molecule has 2 aromatic rings. The third-order valence-corrected chi connectivity index (χ3v) is 7.26. The van der Waals surface area contributed by atoms with Gasteiger partial charge in [0.25, 0.3) is 0 Å². The van der Waals surface area contributed by atoms with E-state index in [1.54, 1.807) is 25.3 Å². The standard InChI is InChI=1S/C24H27ClFN3O5/c1-23(2,3)34-22(33)27-16-10-28(11-24(16)6-7-24)19-15(26)8-13-18(17(19)25)29(12-4-5-12)9-14(20(13)30)21(31)32/h8-9,12,16H,4-7,10-11H2,1-3H3,(H,27,33)(H,31,32). The van der Waals surface area contributed by atoms with Gasteiger partial charge < -0.3 is 24.6 Å². The van der Waals surface area contributed by atoms with Crippen molar-refractivity contribution in [3.8, 4) is 0 Å². The van der Waals surface area contributed by atoms with Gasteiger partial charge in [-0.2, -0.15) is 0 Å². The number of alkyl carbamates (subject to hydrolysis) is 1. The number of fused-ring (bicyclic) bond motifs is 1. The van der Waals surface area contributed by atoms with Gasteiger partial charge in [-0.25, -0.2) is 14.0 Å². The van der Waals surface area contributed by atoms with Crippen LogP contribution in [-0.2, 0) is 4.74 Å². The molecule has 3 fully saturated rings. The number of benzene rings is 1. The normalized spacial score (nSPS) is 21.2. The van der Waals surface area contributed by atoms with Gasteiger partial charge in [-0.1, -0.05) is 11.6 Å². The molecule has 8 nitrogen and oxygen atoms in total. The van der Waals surface area contributed by atoms with Crippen LogP contribution in [0.3, 0.4) is 0 Å². The summed E-state index contributed by atoms with van der Waals surface area (Å²) in [5, 5.41) is 12.5. The van der Waals surface area contributed by atoms with Crippen molar-refractivity contribution in [2.45, 2.75) is 64.1 Å². The molecule has 10 heteroatoms. The number of pyridine rings is 1. The average Bonchev–Trinajstić information content (AvgIpc) is 3.61. The number of halogens is 2. The third kappa shape index (κ3) is 3.89. The molecule has 2 aliphatic carbocycles. The second-order valence-electron chi connectivity index (χ2n) is 10.7. The number of hydrogen-bond acceptors (Lipinski definition) is 5. The molecule has 1 spiro atoms. The second kappa shape index (κ2) is 7.60. The topological polar surface area (TPSA) is 101 Å². The molecule has 1 aliphatic heterocycles. The largest absolute Gasteiger partial charge is 0.477 e. The van der Waals surface area contributed by atoms with Crippen LogP contribution in [0.5, 0.6) is 0 Å². The van der Waals surface area contributed by atoms with Crippen molar-refractivity contribution in [3.05, 3.63) is 38.9 Å². The zero-order valence-corrected chi connectivity index (χ0v) is 20.0. The third-order valence-electron chi connectivity index (χ3n) is 6.90. The smallest absolute Gasteiger partial charge is 0.407 e. The van der Waals surface area contributed by atoms with Gasteiger partial charge in [0.05, 0.1) is 27.7 Å². The Morgan fingerprint density at radius 1 is 1.29 bits per heavy atom. The molecule has 1 aromatic heterocycles. The minimum atomic E-state index is -1.35. The first-order chi connectivity index (χ1) is 15.9. The van der Waals surface area contributed by atoms with E-state index in [4.69, 9.17) is 16.3 Å². The summed E-state index contributed by atoms with van der Waals surface area (Å²) in [5.41, 5.74) is -1.44. The highest BCUT2D eigenvalue weighted by atomic mass is 35.5. The van der Waals surface area contributed by atoms with E-state index in [2.05, 4.69) is 5.32 Å². The number of ether oxygens (including phenoxy) is 1. The van der Waals surface area contributed by atoms with Gasteiger partial charge in [0, 0.05) is 30.7 Å². The summed E-state index contributed by atoms with van der Waals surface area (Å²) in [4.78, 5) is 38.6. The Hall–Kier alpha value is -2.81. The number of carbonyl (C=O) groups is 2. The molecule has 2 heterocycles. The molecule has 5 rings (SSSR count). The van der Waals surface area contributed by atoms with Crippen molar-refractivity contribution < 1.29 is 23.8 Å². The van der Waals surface area contributed by atoms with Crippen LogP contribution in [0, 0.1) is 11.2 Å². The number of aromatic carboxylic acids is 1. The van der Waals surface area contributed by atoms with E-state index in [-0.39, 0.29) is 33.6 Å². The number of anilines is 1. The van der Waals surface area contributed by atoms with E-state index < -0.39 is 34.5 Å². The second-order valence-corrected chi connectivity index (χ2v) is 11.1. The first-order valence-electron chi connectivity index (χ1n) is 11.4. The number of rotatable bonds is 4. The number of hydrogen-bond donors (Lipinski definition) is 2. The van der Waals surface area contributed by atoms with Crippen LogP contribution in [-0.4, -0.2) is 46.5 Å². The summed E-state index contributed by atoms with van der Waals surface area (Å²) in [7, 11) is 0. The van der Waals surface area contributed by atoms with Gasteiger partial charge >= 0.3 is 12.1 Å². The molecule has 0 radical (unpaired) electrons. The van der Waals surface area contributed by atoms with Crippen LogP contribution < -0.4 is 15.6 Å². The summed E-state index contributed by atoms with van der Waals surface area (Å²) in [6.45, 7) is 6.23. The number of aromatic nitrogens is 1. The molecule has 1 aromatic carbocycles. The molecule has 34 heavy (non-hydrogen) atoms. The molecule has 2 saturated carbocycles. The maximum Gasteiger partial charge on any atom is 0.407 e. The summed E-state index contributed by atoms with van der Waals surface area (Å²) < 4.78 is 22.5. The van der Waals surface area contributed by atoms with Crippen molar-refractivity contribution in [1.29, 1.82) is 0 Å². The Kier molecular flexibility index (Phi) is 5.13. The molecule has 1 amide bonds. The first kappa shape index (κ1) is 23.0. The lowest BCUT2D eigenvalue weighted by Crippen LogP contribution is -2.44. The summed E-state index contributed by atoms with van der Waals surface area (Å²) in [6.07, 6.45) is 4.25. The molecule has 182 valence electrons. The molecule has 1 atom stereocenters. The first-order valence-corrected chi connectivity index (χ1v) is 11.8. The van der Waals surface area contributed by atoms with Crippen molar-refractivity contribution in [3.63, 3.8) is 0 Å². The van der Waals surface area contributed by atoms with Crippen molar-refractivity contribution >= 4 is 40.3 Å². The quantitative estimate of drug-likeness (QED) is 0.660. The van der Waals surface area contributed by atoms with E-state index >= 15 is 4.39 Å². The maximum absolute atomic E-state index is 15.4. The molecule has 1 unspecified atom stereocenters.